The van der Waals surface area contributed by atoms with Crippen LogP contribution in [0.5, 0.6) is 0 Å². The number of unbranched alkanes of at least 4 members (excludes halogenated alkanes) is 12. The molecule has 0 fully saturated rings. The highest BCUT2D eigenvalue weighted by molar-refractivity contribution is 5.66. The average Bonchev–Trinajstić information content (AvgIpc) is 2.58. The van der Waals surface area contributed by atoms with E-state index in [1.54, 1.807) is 0 Å². The molecule has 0 spiro atoms. The van der Waals surface area contributed by atoms with Crippen molar-refractivity contribution in [2.45, 2.75) is 122 Å². The molecule has 0 aliphatic heterocycles. The van der Waals surface area contributed by atoms with E-state index in [1.807, 2.05) is 0 Å². The Labute approximate surface area is 155 Å². The summed E-state index contributed by atoms with van der Waals surface area (Å²) >= 11 is 0. The topological polar surface area (TPSA) is 57.5 Å². The summed E-state index contributed by atoms with van der Waals surface area (Å²) < 4.78 is 0. The monoisotopic (exact) mass is 354 g/mol. The molecular weight excluding hydrogens is 312 g/mol. The van der Waals surface area contributed by atoms with Gasteiger partial charge in [-0.1, -0.05) is 89.7 Å². The summed E-state index contributed by atoms with van der Waals surface area (Å²) in [4.78, 5) is 10.4. The summed E-state index contributed by atoms with van der Waals surface area (Å²) in [5.74, 6) is -0.680. The zero-order valence-corrected chi connectivity index (χ0v) is 16.6. The second-order valence-corrected chi connectivity index (χ2v) is 7.32. The van der Waals surface area contributed by atoms with Crippen molar-refractivity contribution < 1.29 is 15.0 Å². The highest BCUT2D eigenvalue weighted by Crippen LogP contribution is 2.13. The zero-order valence-electron chi connectivity index (χ0n) is 16.6. The van der Waals surface area contributed by atoms with Gasteiger partial charge in [-0.15, -0.1) is 0 Å². The molecule has 0 aliphatic carbocycles. The molecule has 0 rings (SSSR count). The Morgan fingerprint density at radius 2 is 1.36 bits per heavy atom. The predicted octanol–water partition coefficient (Wildman–Crippen LogP) is 6.64. The van der Waals surface area contributed by atoms with Crippen molar-refractivity contribution in [3.8, 4) is 0 Å². The summed E-state index contributed by atoms with van der Waals surface area (Å²) in [6, 6.07) is 0. The Morgan fingerprint density at radius 3 is 2.00 bits per heavy atom. The summed E-state index contributed by atoms with van der Waals surface area (Å²) in [6.07, 6.45) is 23.0. The highest BCUT2D eigenvalue weighted by atomic mass is 16.4. The SMILES string of the molecule is CCCCCCCC=CCC(O)CCCCCCCCCCC(=O)O. The van der Waals surface area contributed by atoms with E-state index in [-0.39, 0.29) is 6.10 Å². The molecular formula is C22H42O3. The molecule has 3 nitrogen and oxygen atoms in total. The first-order valence-electron chi connectivity index (χ1n) is 10.7. The number of aliphatic carboxylic acids is 1. The largest absolute Gasteiger partial charge is 0.481 e. The van der Waals surface area contributed by atoms with Gasteiger partial charge in [-0.3, -0.25) is 4.79 Å². The number of carboxylic acids is 1. The lowest BCUT2D eigenvalue weighted by Crippen LogP contribution is -2.04. The molecule has 0 saturated heterocycles. The molecule has 0 aromatic carbocycles. The molecule has 0 aromatic heterocycles. The molecule has 148 valence electrons. The van der Waals surface area contributed by atoms with Crippen LogP contribution in [-0.4, -0.2) is 22.3 Å². The van der Waals surface area contributed by atoms with E-state index in [9.17, 15) is 9.90 Å². The van der Waals surface area contributed by atoms with E-state index in [0.29, 0.717) is 6.42 Å². The number of aliphatic hydroxyl groups is 1. The van der Waals surface area contributed by atoms with Gasteiger partial charge < -0.3 is 10.2 Å². The van der Waals surface area contributed by atoms with E-state index in [0.717, 1.165) is 44.9 Å². The van der Waals surface area contributed by atoms with Crippen molar-refractivity contribution in [1.82, 2.24) is 0 Å². The smallest absolute Gasteiger partial charge is 0.303 e. The van der Waals surface area contributed by atoms with Crippen LogP contribution in [0, 0.1) is 0 Å². The molecule has 0 bridgehead atoms. The standard InChI is InChI=1S/C22H42O3/c1-2-3-4-5-6-9-12-15-18-21(23)19-16-13-10-7-8-11-14-17-20-22(24)25/h12,15,21,23H,2-11,13-14,16-20H2,1H3,(H,24,25). The van der Waals surface area contributed by atoms with Crippen LogP contribution in [0.3, 0.4) is 0 Å². The first-order valence-corrected chi connectivity index (χ1v) is 10.7. The number of allylic oxidation sites excluding steroid dienone is 1. The van der Waals surface area contributed by atoms with Crippen molar-refractivity contribution in [2.75, 3.05) is 0 Å². The highest BCUT2D eigenvalue weighted by Gasteiger charge is 2.01. The van der Waals surface area contributed by atoms with Gasteiger partial charge in [0.05, 0.1) is 6.10 Å². The van der Waals surface area contributed by atoms with Gasteiger partial charge in [0.15, 0.2) is 0 Å². The van der Waals surface area contributed by atoms with Crippen LogP contribution in [0.1, 0.15) is 116 Å². The first kappa shape index (κ1) is 24.2. The molecule has 1 atom stereocenters. The summed E-state index contributed by atoms with van der Waals surface area (Å²) in [7, 11) is 0. The molecule has 1 unspecified atom stereocenters. The van der Waals surface area contributed by atoms with Gasteiger partial charge in [0, 0.05) is 6.42 Å². The van der Waals surface area contributed by atoms with Crippen LogP contribution < -0.4 is 0 Å². The van der Waals surface area contributed by atoms with Crippen molar-refractivity contribution >= 4 is 5.97 Å². The second-order valence-electron chi connectivity index (χ2n) is 7.32. The Bertz CT molecular complexity index is 312. The van der Waals surface area contributed by atoms with Crippen LogP contribution in [0.25, 0.3) is 0 Å². The first-order chi connectivity index (χ1) is 12.2. The summed E-state index contributed by atoms with van der Waals surface area (Å²) in [5, 5.41) is 18.5. The van der Waals surface area contributed by atoms with Crippen molar-refractivity contribution in [2.24, 2.45) is 0 Å². The average molecular weight is 355 g/mol. The molecule has 0 aliphatic rings. The predicted molar refractivity (Wildman–Crippen MR) is 107 cm³/mol. The number of hydrogen-bond donors (Lipinski definition) is 2. The van der Waals surface area contributed by atoms with Gasteiger partial charge >= 0.3 is 5.97 Å². The maximum Gasteiger partial charge on any atom is 0.303 e. The number of carboxylic acid groups (broad SMARTS) is 1. The molecule has 0 saturated carbocycles. The Hall–Kier alpha value is -0.830. The van der Waals surface area contributed by atoms with Crippen LogP contribution in [0.15, 0.2) is 12.2 Å². The fraction of sp³-hybridized carbons (Fsp3) is 0.864. The summed E-state index contributed by atoms with van der Waals surface area (Å²) in [6.45, 7) is 2.24. The minimum Gasteiger partial charge on any atom is -0.481 e. The molecule has 0 amide bonds. The number of hydrogen-bond acceptors (Lipinski definition) is 2. The maximum atomic E-state index is 10.4. The van der Waals surface area contributed by atoms with E-state index >= 15 is 0 Å². The zero-order chi connectivity index (χ0) is 18.6. The van der Waals surface area contributed by atoms with E-state index in [4.69, 9.17) is 5.11 Å². The third-order valence-corrected chi connectivity index (χ3v) is 4.73. The van der Waals surface area contributed by atoms with Gasteiger partial charge in [0.25, 0.3) is 0 Å². The number of carbonyl (C=O) groups is 1. The van der Waals surface area contributed by atoms with Crippen LogP contribution >= 0.6 is 0 Å². The van der Waals surface area contributed by atoms with Crippen molar-refractivity contribution in [3.05, 3.63) is 12.2 Å². The molecule has 2 N–H and O–H groups in total. The van der Waals surface area contributed by atoms with Crippen molar-refractivity contribution in [1.29, 1.82) is 0 Å². The van der Waals surface area contributed by atoms with Gasteiger partial charge in [0.2, 0.25) is 0 Å². The maximum absolute atomic E-state index is 10.4. The lowest BCUT2D eigenvalue weighted by molar-refractivity contribution is -0.137. The lowest BCUT2D eigenvalue weighted by Gasteiger charge is -2.07. The Morgan fingerprint density at radius 1 is 0.800 bits per heavy atom. The Kier molecular flexibility index (Phi) is 18.8. The van der Waals surface area contributed by atoms with Gasteiger partial charge in [-0.2, -0.15) is 0 Å². The Balaban J connectivity index is 3.24. The number of rotatable bonds is 19. The number of aliphatic hydroxyl groups excluding tert-OH is 1. The van der Waals surface area contributed by atoms with Gasteiger partial charge in [-0.25, -0.2) is 0 Å². The molecule has 0 radical (unpaired) electrons. The molecule has 0 heterocycles. The fourth-order valence-electron chi connectivity index (χ4n) is 3.07. The molecule has 0 aromatic rings. The minimum absolute atomic E-state index is 0.174. The van der Waals surface area contributed by atoms with E-state index in [2.05, 4.69) is 19.1 Å². The van der Waals surface area contributed by atoms with Crippen LogP contribution in [0.4, 0.5) is 0 Å². The minimum atomic E-state index is -0.680. The van der Waals surface area contributed by atoms with Crippen LogP contribution in [0.2, 0.25) is 0 Å². The fourth-order valence-corrected chi connectivity index (χ4v) is 3.07. The van der Waals surface area contributed by atoms with Gasteiger partial charge in [0.1, 0.15) is 0 Å². The second kappa shape index (κ2) is 19.5. The lowest BCUT2D eigenvalue weighted by atomic mass is 10.0. The van der Waals surface area contributed by atoms with E-state index in [1.165, 1.54) is 57.8 Å². The van der Waals surface area contributed by atoms with Crippen LogP contribution in [-0.2, 0) is 4.79 Å². The molecule has 25 heavy (non-hydrogen) atoms. The third-order valence-electron chi connectivity index (χ3n) is 4.73. The third kappa shape index (κ3) is 21.1. The normalized spacial score (nSPS) is 12.7. The molecule has 3 heteroatoms. The van der Waals surface area contributed by atoms with E-state index < -0.39 is 5.97 Å². The quantitative estimate of drug-likeness (QED) is 0.202. The summed E-state index contributed by atoms with van der Waals surface area (Å²) in [5.41, 5.74) is 0. The van der Waals surface area contributed by atoms with Crippen molar-refractivity contribution in [3.63, 3.8) is 0 Å². The van der Waals surface area contributed by atoms with Gasteiger partial charge in [-0.05, 0) is 32.1 Å².